The third kappa shape index (κ3) is 3.68. The minimum atomic E-state index is -0.203. The maximum Gasteiger partial charge on any atom is 0.306 e. The van der Waals surface area contributed by atoms with Gasteiger partial charge in [0.15, 0.2) is 0 Å². The van der Waals surface area contributed by atoms with Crippen molar-refractivity contribution in [2.45, 2.75) is 25.2 Å². The van der Waals surface area contributed by atoms with Crippen molar-refractivity contribution in [3.05, 3.63) is 22.5 Å². The smallest absolute Gasteiger partial charge is 0.306 e. The largest absolute Gasteiger partial charge is 0.469 e. The van der Waals surface area contributed by atoms with Crippen LogP contribution in [0.1, 0.15) is 17.8 Å². The van der Waals surface area contributed by atoms with E-state index in [1.165, 1.54) is 7.11 Å². The monoisotopic (exact) mass is 259 g/mol. The van der Waals surface area contributed by atoms with Crippen LogP contribution in [0, 0.1) is 13.8 Å². The number of methoxy groups -OCH3 is 1. The first-order valence-electron chi connectivity index (χ1n) is 4.88. The molecule has 0 saturated carbocycles. The highest BCUT2D eigenvalue weighted by molar-refractivity contribution is 7.99. The first-order valence-corrected chi connectivity index (χ1v) is 6.24. The molecule has 0 unspecified atom stereocenters. The molecule has 0 atom stereocenters. The second-order valence-corrected chi connectivity index (χ2v) is 4.85. The molecule has 0 aliphatic heterocycles. The van der Waals surface area contributed by atoms with Gasteiger partial charge in [-0.3, -0.25) is 9.78 Å². The third-order valence-corrected chi connectivity index (χ3v) is 3.64. The summed E-state index contributed by atoms with van der Waals surface area (Å²) in [4.78, 5) is 16.2. The molecule has 0 aliphatic rings. The second kappa shape index (κ2) is 6.11. The number of hydrogen-bond donors (Lipinski definition) is 0. The van der Waals surface area contributed by atoms with E-state index in [1.54, 1.807) is 11.8 Å². The number of aromatic nitrogens is 1. The first-order chi connectivity index (χ1) is 7.54. The molecule has 0 aromatic carbocycles. The van der Waals surface area contributed by atoms with E-state index in [-0.39, 0.29) is 5.97 Å². The van der Waals surface area contributed by atoms with Crippen molar-refractivity contribution in [3.8, 4) is 0 Å². The molecule has 0 radical (unpaired) electrons. The molecular formula is C11H14ClNO2S. The van der Waals surface area contributed by atoms with E-state index in [0.29, 0.717) is 17.2 Å². The molecule has 1 rings (SSSR count). The van der Waals surface area contributed by atoms with Crippen LogP contribution in [0.15, 0.2) is 11.0 Å². The van der Waals surface area contributed by atoms with Crippen LogP contribution in [0.3, 0.4) is 0 Å². The number of carbonyl (C=O) groups is 1. The van der Waals surface area contributed by atoms with Crippen molar-refractivity contribution >= 4 is 29.3 Å². The third-order valence-electron chi connectivity index (χ3n) is 2.01. The molecule has 5 heteroatoms. The molecule has 0 aliphatic carbocycles. The zero-order valence-electron chi connectivity index (χ0n) is 9.54. The van der Waals surface area contributed by atoms with Crippen LogP contribution in [0.4, 0.5) is 0 Å². The zero-order valence-corrected chi connectivity index (χ0v) is 11.1. The highest BCUT2D eigenvalue weighted by Gasteiger charge is 2.08. The van der Waals surface area contributed by atoms with Crippen LogP contribution in [-0.4, -0.2) is 23.8 Å². The summed E-state index contributed by atoms with van der Waals surface area (Å²) in [5, 5.41) is 0.667. The number of rotatable bonds is 4. The van der Waals surface area contributed by atoms with E-state index < -0.39 is 0 Å². The summed E-state index contributed by atoms with van der Waals surface area (Å²) in [5.41, 5.74) is 1.75. The van der Waals surface area contributed by atoms with Crippen molar-refractivity contribution in [1.82, 2.24) is 4.98 Å². The fraction of sp³-hybridized carbons (Fsp3) is 0.455. The van der Waals surface area contributed by atoms with Crippen LogP contribution in [-0.2, 0) is 9.53 Å². The molecule has 0 saturated heterocycles. The summed E-state index contributed by atoms with van der Waals surface area (Å²) in [6, 6.07) is 1.93. The number of esters is 1. The van der Waals surface area contributed by atoms with Gasteiger partial charge in [-0.25, -0.2) is 0 Å². The molecule has 0 fully saturated rings. The lowest BCUT2D eigenvalue weighted by Crippen LogP contribution is -2.01. The van der Waals surface area contributed by atoms with Gasteiger partial charge in [0.2, 0.25) is 0 Å². The summed E-state index contributed by atoms with van der Waals surface area (Å²) in [7, 11) is 1.39. The number of ether oxygens (including phenoxy) is 1. The average molecular weight is 260 g/mol. The van der Waals surface area contributed by atoms with E-state index in [1.807, 2.05) is 19.9 Å². The molecule has 0 spiro atoms. The quantitative estimate of drug-likeness (QED) is 0.616. The molecule has 3 nitrogen and oxygen atoms in total. The van der Waals surface area contributed by atoms with Gasteiger partial charge < -0.3 is 4.74 Å². The van der Waals surface area contributed by atoms with E-state index in [9.17, 15) is 4.79 Å². The summed E-state index contributed by atoms with van der Waals surface area (Å²) >= 11 is 7.66. The lowest BCUT2D eigenvalue weighted by molar-refractivity contribution is -0.140. The number of nitrogens with zero attached hydrogens (tertiary/aromatic N) is 1. The number of carbonyl (C=O) groups excluding carboxylic acids is 1. The van der Waals surface area contributed by atoms with Crippen LogP contribution < -0.4 is 0 Å². The molecule has 88 valence electrons. The molecule has 1 aromatic rings. The van der Waals surface area contributed by atoms with Gasteiger partial charge in [0.25, 0.3) is 0 Å². The van der Waals surface area contributed by atoms with Crippen molar-refractivity contribution in [2.75, 3.05) is 12.9 Å². The molecule has 0 bridgehead atoms. The van der Waals surface area contributed by atoms with Gasteiger partial charge in [-0.1, -0.05) is 11.6 Å². The molecule has 0 amide bonds. The molecule has 16 heavy (non-hydrogen) atoms. The van der Waals surface area contributed by atoms with Crippen LogP contribution in [0.25, 0.3) is 0 Å². The number of thioether (sulfide) groups is 1. The normalized spacial score (nSPS) is 10.2. The summed E-state index contributed by atoms with van der Waals surface area (Å²) in [5.74, 6) is 0.459. The van der Waals surface area contributed by atoms with Crippen molar-refractivity contribution in [3.63, 3.8) is 0 Å². The second-order valence-electron chi connectivity index (χ2n) is 3.34. The topological polar surface area (TPSA) is 39.2 Å². The number of hydrogen-bond acceptors (Lipinski definition) is 4. The number of halogens is 1. The maximum absolute atomic E-state index is 10.9. The lowest BCUT2D eigenvalue weighted by atomic mass is 10.3. The zero-order chi connectivity index (χ0) is 12.1. The van der Waals surface area contributed by atoms with Crippen LogP contribution in [0.5, 0.6) is 0 Å². The van der Waals surface area contributed by atoms with Gasteiger partial charge in [-0.15, -0.1) is 11.8 Å². The molecule has 1 heterocycles. The fourth-order valence-electron chi connectivity index (χ4n) is 1.23. The minimum absolute atomic E-state index is 0.203. The van der Waals surface area contributed by atoms with Crippen molar-refractivity contribution in [1.29, 1.82) is 0 Å². The van der Waals surface area contributed by atoms with E-state index in [0.717, 1.165) is 16.3 Å². The minimum Gasteiger partial charge on any atom is -0.469 e. The van der Waals surface area contributed by atoms with Crippen molar-refractivity contribution in [2.24, 2.45) is 0 Å². The van der Waals surface area contributed by atoms with Gasteiger partial charge >= 0.3 is 5.97 Å². The Bertz CT molecular complexity index is 396. The van der Waals surface area contributed by atoms with Crippen LogP contribution in [0.2, 0.25) is 5.02 Å². The Hall–Kier alpha value is -0.740. The van der Waals surface area contributed by atoms with Gasteiger partial charge in [-0.05, 0) is 19.9 Å². The molecule has 1 aromatic heterocycles. The SMILES string of the molecule is COC(=O)CCSc1cc(C)nc(C)c1Cl. The molecule has 0 N–H and O–H groups in total. The van der Waals surface area contributed by atoms with Gasteiger partial charge in [0, 0.05) is 16.3 Å². The Labute approximate surface area is 105 Å². The Morgan fingerprint density at radius 1 is 1.56 bits per heavy atom. The van der Waals surface area contributed by atoms with Gasteiger partial charge in [-0.2, -0.15) is 0 Å². The summed E-state index contributed by atoms with van der Waals surface area (Å²) < 4.78 is 4.57. The highest BCUT2D eigenvalue weighted by Crippen LogP contribution is 2.29. The van der Waals surface area contributed by atoms with E-state index in [2.05, 4.69) is 9.72 Å². The van der Waals surface area contributed by atoms with Crippen LogP contribution >= 0.6 is 23.4 Å². The standard InChI is InChI=1S/C11H14ClNO2S/c1-7-6-9(11(12)8(2)13-7)16-5-4-10(14)15-3/h6H,4-5H2,1-3H3. The van der Waals surface area contributed by atoms with E-state index >= 15 is 0 Å². The molecular weight excluding hydrogens is 246 g/mol. The summed E-state index contributed by atoms with van der Waals surface area (Å²) in [6.07, 6.45) is 0.387. The van der Waals surface area contributed by atoms with Gasteiger partial charge in [0.05, 0.1) is 24.2 Å². The maximum atomic E-state index is 10.9. The fourth-order valence-corrected chi connectivity index (χ4v) is 2.51. The van der Waals surface area contributed by atoms with Gasteiger partial charge in [0.1, 0.15) is 0 Å². The lowest BCUT2D eigenvalue weighted by Gasteiger charge is -2.07. The predicted octanol–water partition coefficient (Wildman–Crippen LogP) is 3.01. The average Bonchev–Trinajstić information content (AvgIpc) is 2.24. The summed E-state index contributed by atoms with van der Waals surface area (Å²) in [6.45, 7) is 3.80. The highest BCUT2D eigenvalue weighted by atomic mass is 35.5. The Balaban J connectivity index is 2.63. The van der Waals surface area contributed by atoms with E-state index in [4.69, 9.17) is 11.6 Å². The number of pyridine rings is 1. The Morgan fingerprint density at radius 3 is 2.88 bits per heavy atom. The number of aryl methyl sites for hydroxylation is 2. The first kappa shape index (κ1) is 13.3. The Morgan fingerprint density at radius 2 is 2.25 bits per heavy atom. The predicted molar refractivity (Wildman–Crippen MR) is 66.1 cm³/mol. The Kier molecular flexibility index (Phi) is 5.09. The van der Waals surface area contributed by atoms with Crippen molar-refractivity contribution < 1.29 is 9.53 Å².